The van der Waals surface area contributed by atoms with Crippen LogP contribution in [0.5, 0.6) is 5.75 Å². The molecular formula is C22H30N2O3. The molecule has 0 spiro atoms. The van der Waals surface area contributed by atoms with Crippen LogP contribution >= 0.6 is 0 Å². The zero-order chi connectivity index (χ0) is 18.6. The third-order valence-electron chi connectivity index (χ3n) is 6.34. The summed E-state index contributed by atoms with van der Waals surface area (Å²) in [6, 6.07) is 5.74. The molecule has 2 heterocycles. The zero-order valence-electron chi connectivity index (χ0n) is 16.0. The summed E-state index contributed by atoms with van der Waals surface area (Å²) in [7, 11) is 0. The average molecular weight is 370 g/mol. The van der Waals surface area contributed by atoms with Crippen molar-refractivity contribution >= 4 is 17.5 Å². The Bertz CT molecular complexity index is 697. The van der Waals surface area contributed by atoms with Gasteiger partial charge in [-0.15, -0.1) is 0 Å². The summed E-state index contributed by atoms with van der Waals surface area (Å²) < 4.78 is 5.86. The molecule has 1 atom stereocenters. The zero-order valence-corrected chi connectivity index (χ0v) is 16.0. The number of carbonyl (C=O) groups is 2. The average Bonchev–Trinajstić information content (AvgIpc) is 3.20. The summed E-state index contributed by atoms with van der Waals surface area (Å²) in [5.41, 5.74) is 1.27. The summed E-state index contributed by atoms with van der Waals surface area (Å²) in [5.74, 6) is 1.42. The molecule has 1 N–H and O–H groups in total. The fourth-order valence-corrected chi connectivity index (χ4v) is 4.79. The molecule has 3 aliphatic rings. The summed E-state index contributed by atoms with van der Waals surface area (Å²) >= 11 is 0. The number of anilines is 1. The maximum atomic E-state index is 13.1. The van der Waals surface area contributed by atoms with Gasteiger partial charge < -0.3 is 15.0 Å². The fourth-order valence-electron chi connectivity index (χ4n) is 4.79. The number of benzene rings is 1. The molecule has 146 valence electrons. The number of ether oxygens (including phenoxy) is 1. The van der Waals surface area contributed by atoms with E-state index in [-0.39, 0.29) is 17.9 Å². The molecule has 5 heteroatoms. The van der Waals surface area contributed by atoms with E-state index in [4.69, 9.17) is 4.74 Å². The molecule has 1 aliphatic carbocycles. The fraction of sp³-hybridized carbons (Fsp3) is 0.636. The van der Waals surface area contributed by atoms with E-state index in [9.17, 15) is 9.59 Å². The Kier molecular flexibility index (Phi) is 5.65. The van der Waals surface area contributed by atoms with Crippen molar-refractivity contribution in [3.05, 3.63) is 23.8 Å². The minimum atomic E-state index is 0.0384. The maximum absolute atomic E-state index is 13.1. The van der Waals surface area contributed by atoms with E-state index in [1.165, 1.54) is 32.1 Å². The first-order valence-electron chi connectivity index (χ1n) is 10.6. The molecule has 0 bridgehead atoms. The van der Waals surface area contributed by atoms with Crippen LogP contribution in [0.1, 0.15) is 74.6 Å². The van der Waals surface area contributed by atoms with E-state index in [0.717, 1.165) is 32.2 Å². The van der Waals surface area contributed by atoms with Crippen molar-refractivity contribution in [3.8, 4) is 5.75 Å². The van der Waals surface area contributed by atoms with Crippen molar-refractivity contribution in [2.45, 2.75) is 70.3 Å². The number of nitrogens with zero attached hydrogens (tertiary/aromatic N) is 1. The van der Waals surface area contributed by atoms with Crippen molar-refractivity contribution in [2.75, 3.05) is 18.5 Å². The van der Waals surface area contributed by atoms with Gasteiger partial charge in [-0.2, -0.15) is 0 Å². The predicted octanol–water partition coefficient (Wildman–Crippen LogP) is 4.37. The van der Waals surface area contributed by atoms with Crippen LogP contribution in [0, 0.1) is 5.92 Å². The van der Waals surface area contributed by atoms with Gasteiger partial charge in [0.2, 0.25) is 5.91 Å². The van der Waals surface area contributed by atoms with E-state index < -0.39 is 0 Å². The monoisotopic (exact) mass is 370 g/mol. The molecule has 1 unspecified atom stereocenters. The van der Waals surface area contributed by atoms with Crippen LogP contribution in [0.25, 0.3) is 0 Å². The third-order valence-corrected chi connectivity index (χ3v) is 6.34. The topological polar surface area (TPSA) is 58.6 Å². The van der Waals surface area contributed by atoms with Crippen LogP contribution < -0.4 is 10.1 Å². The van der Waals surface area contributed by atoms with Gasteiger partial charge in [-0.25, -0.2) is 0 Å². The smallest absolute Gasteiger partial charge is 0.257 e. The molecular weight excluding hydrogens is 340 g/mol. The lowest BCUT2D eigenvalue weighted by Crippen LogP contribution is -2.45. The number of hydrogen-bond acceptors (Lipinski definition) is 3. The molecule has 0 aromatic heterocycles. The van der Waals surface area contributed by atoms with Gasteiger partial charge in [0, 0.05) is 31.1 Å². The van der Waals surface area contributed by atoms with Gasteiger partial charge in [0.25, 0.3) is 5.91 Å². The first kappa shape index (κ1) is 18.3. The normalized spacial score (nSPS) is 23.0. The van der Waals surface area contributed by atoms with E-state index in [2.05, 4.69) is 5.32 Å². The number of piperidine rings is 1. The van der Waals surface area contributed by atoms with Crippen molar-refractivity contribution in [2.24, 2.45) is 5.92 Å². The van der Waals surface area contributed by atoms with Crippen LogP contribution in [-0.4, -0.2) is 35.9 Å². The SMILES string of the molecule is O=C(CCC1CCCC1)Nc1ccc2c(c1)C(=O)N1CCCCC1CCO2. The number of amides is 2. The Hall–Kier alpha value is -2.04. The minimum absolute atomic E-state index is 0.0384. The second-order valence-corrected chi connectivity index (χ2v) is 8.23. The number of hydrogen-bond donors (Lipinski definition) is 1. The highest BCUT2D eigenvalue weighted by Gasteiger charge is 2.31. The maximum Gasteiger partial charge on any atom is 0.257 e. The van der Waals surface area contributed by atoms with Crippen LogP contribution in [0.4, 0.5) is 5.69 Å². The van der Waals surface area contributed by atoms with Crippen LogP contribution in [0.2, 0.25) is 0 Å². The van der Waals surface area contributed by atoms with Gasteiger partial charge in [0.1, 0.15) is 5.75 Å². The molecule has 2 aliphatic heterocycles. The highest BCUT2D eigenvalue weighted by atomic mass is 16.5. The lowest BCUT2D eigenvalue weighted by Gasteiger charge is -2.37. The summed E-state index contributed by atoms with van der Waals surface area (Å²) in [6.45, 7) is 1.45. The second-order valence-electron chi connectivity index (χ2n) is 8.23. The van der Waals surface area contributed by atoms with E-state index in [1.54, 1.807) is 6.07 Å². The molecule has 5 nitrogen and oxygen atoms in total. The summed E-state index contributed by atoms with van der Waals surface area (Å²) in [6.07, 6.45) is 10.8. The quantitative estimate of drug-likeness (QED) is 0.856. The van der Waals surface area contributed by atoms with Gasteiger partial charge in [-0.05, 0) is 49.8 Å². The summed E-state index contributed by atoms with van der Waals surface area (Å²) in [4.78, 5) is 27.4. The number of fused-ring (bicyclic) bond motifs is 2. The van der Waals surface area contributed by atoms with Crippen LogP contribution in [0.3, 0.4) is 0 Å². The van der Waals surface area contributed by atoms with Crippen molar-refractivity contribution in [1.29, 1.82) is 0 Å². The lowest BCUT2D eigenvalue weighted by molar-refractivity contribution is -0.116. The minimum Gasteiger partial charge on any atom is -0.493 e. The highest BCUT2D eigenvalue weighted by molar-refractivity contribution is 5.99. The third kappa shape index (κ3) is 4.28. The number of carbonyl (C=O) groups excluding carboxylic acids is 2. The Balaban J connectivity index is 1.44. The summed E-state index contributed by atoms with van der Waals surface area (Å²) in [5, 5.41) is 2.98. The van der Waals surface area contributed by atoms with Crippen molar-refractivity contribution < 1.29 is 14.3 Å². The first-order valence-corrected chi connectivity index (χ1v) is 10.6. The standard InChI is InChI=1S/C22H30N2O3/c25-21(11-8-16-5-1-2-6-16)23-17-9-10-20-19(15-17)22(26)24-13-4-3-7-18(24)12-14-27-20/h9-10,15-16,18H,1-8,11-14H2,(H,23,25). The number of rotatable bonds is 4. The van der Waals surface area contributed by atoms with Gasteiger partial charge in [-0.1, -0.05) is 25.7 Å². The highest BCUT2D eigenvalue weighted by Crippen LogP contribution is 2.31. The molecule has 1 saturated heterocycles. The van der Waals surface area contributed by atoms with E-state index >= 15 is 0 Å². The molecule has 0 radical (unpaired) electrons. The number of nitrogens with one attached hydrogen (secondary N) is 1. The lowest BCUT2D eigenvalue weighted by atomic mass is 9.97. The molecule has 4 rings (SSSR count). The molecule has 2 amide bonds. The molecule has 1 aromatic rings. The van der Waals surface area contributed by atoms with Crippen molar-refractivity contribution in [1.82, 2.24) is 4.90 Å². The Morgan fingerprint density at radius 2 is 1.93 bits per heavy atom. The Morgan fingerprint density at radius 1 is 1.11 bits per heavy atom. The Labute approximate surface area is 161 Å². The van der Waals surface area contributed by atoms with Gasteiger partial charge in [0.15, 0.2) is 0 Å². The van der Waals surface area contributed by atoms with E-state index in [1.807, 2.05) is 17.0 Å². The second kappa shape index (κ2) is 8.32. The van der Waals surface area contributed by atoms with Crippen molar-refractivity contribution in [3.63, 3.8) is 0 Å². The molecule has 2 fully saturated rings. The van der Waals surface area contributed by atoms with E-state index in [0.29, 0.717) is 35.9 Å². The molecule has 27 heavy (non-hydrogen) atoms. The molecule has 1 aromatic carbocycles. The van der Waals surface area contributed by atoms with Gasteiger partial charge in [0.05, 0.1) is 12.2 Å². The largest absolute Gasteiger partial charge is 0.493 e. The van der Waals surface area contributed by atoms with Gasteiger partial charge >= 0.3 is 0 Å². The Morgan fingerprint density at radius 3 is 2.78 bits per heavy atom. The first-order chi connectivity index (χ1) is 13.2. The molecule has 1 saturated carbocycles. The van der Waals surface area contributed by atoms with Crippen LogP contribution in [-0.2, 0) is 4.79 Å². The predicted molar refractivity (Wildman–Crippen MR) is 105 cm³/mol. The van der Waals surface area contributed by atoms with Crippen LogP contribution in [0.15, 0.2) is 18.2 Å². The van der Waals surface area contributed by atoms with Gasteiger partial charge in [-0.3, -0.25) is 9.59 Å².